The molecule has 0 bridgehead atoms. The molecule has 0 aliphatic carbocycles. The van der Waals surface area contributed by atoms with E-state index in [4.69, 9.17) is 10.4 Å². The largest absolute Gasteiger partial charge is 0.433 e. The van der Waals surface area contributed by atoms with Gasteiger partial charge in [-0.05, 0) is 12.1 Å². The summed E-state index contributed by atoms with van der Waals surface area (Å²) in [5.74, 6) is -0.105. The lowest BCUT2D eigenvalue weighted by atomic mass is 10.2. The normalized spacial score (nSPS) is 10.9. The number of aromatic nitrogens is 1. The van der Waals surface area contributed by atoms with Crippen molar-refractivity contribution in [3.63, 3.8) is 0 Å². The first-order valence-corrected chi connectivity index (χ1v) is 5.39. The summed E-state index contributed by atoms with van der Waals surface area (Å²) in [6.07, 6.45) is -3.12. The molecule has 0 saturated carbocycles. The number of aliphatic hydroxyl groups excluding tert-OH is 1. The molecule has 19 heavy (non-hydrogen) atoms. The first-order valence-electron chi connectivity index (χ1n) is 5.39. The molecule has 0 saturated heterocycles. The van der Waals surface area contributed by atoms with E-state index in [1.807, 2.05) is 0 Å². The standard InChI is InChI=1S/C12H12F3N3O/c1-2-5-18(6-7-19)11-9(8-16)3-4-10(17-11)12(13,14)15/h2-4,19H,1,5-7H2. The van der Waals surface area contributed by atoms with Crippen LogP contribution >= 0.6 is 0 Å². The molecule has 1 N–H and O–H groups in total. The average Bonchev–Trinajstić information content (AvgIpc) is 2.36. The van der Waals surface area contributed by atoms with Crippen LogP contribution in [0, 0.1) is 11.3 Å². The zero-order valence-corrected chi connectivity index (χ0v) is 9.98. The number of pyridine rings is 1. The molecule has 102 valence electrons. The topological polar surface area (TPSA) is 60.1 Å². The second-order valence-electron chi connectivity index (χ2n) is 3.64. The van der Waals surface area contributed by atoms with E-state index < -0.39 is 11.9 Å². The van der Waals surface area contributed by atoms with E-state index in [1.54, 1.807) is 6.07 Å². The SMILES string of the molecule is C=CCN(CCO)c1nc(C(F)(F)F)ccc1C#N. The Hall–Kier alpha value is -2.07. The first kappa shape index (κ1) is 15.0. The molecule has 1 aromatic heterocycles. The van der Waals surface area contributed by atoms with Crippen LogP contribution < -0.4 is 4.90 Å². The average molecular weight is 271 g/mol. The van der Waals surface area contributed by atoms with E-state index in [9.17, 15) is 13.2 Å². The van der Waals surface area contributed by atoms with Crippen LogP contribution in [0.4, 0.5) is 19.0 Å². The molecule has 0 aliphatic rings. The Kier molecular flexibility index (Phi) is 4.89. The number of anilines is 1. The van der Waals surface area contributed by atoms with Crippen molar-refractivity contribution in [1.29, 1.82) is 5.26 Å². The third-order valence-corrected chi connectivity index (χ3v) is 2.30. The van der Waals surface area contributed by atoms with E-state index in [0.717, 1.165) is 12.1 Å². The van der Waals surface area contributed by atoms with E-state index >= 15 is 0 Å². The molecule has 1 aromatic rings. The number of rotatable bonds is 5. The number of hydrogen-bond donors (Lipinski definition) is 1. The quantitative estimate of drug-likeness (QED) is 0.832. The van der Waals surface area contributed by atoms with Crippen molar-refractivity contribution in [3.8, 4) is 6.07 Å². The maximum atomic E-state index is 12.6. The van der Waals surface area contributed by atoms with Gasteiger partial charge in [0.05, 0.1) is 12.2 Å². The lowest BCUT2D eigenvalue weighted by molar-refractivity contribution is -0.141. The van der Waals surface area contributed by atoms with Crippen molar-refractivity contribution in [3.05, 3.63) is 36.0 Å². The van der Waals surface area contributed by atoms with Gasteiger partial charge in [-0.2, -0.15) is 18.4 Å². The second-order valence-corrected chi connectivity index (χ2v) is 3.64. The van der Waals surface area contributed by atoms with Gasteiger partial charge in [-0.3, -0.25) is 0 Å². The van der Waals surface area contributed by atoms with Gasteiger partial charge in [0.2, 0.25) is 0 Å². The number of alkyl halides is 3. The van der Waals surface area contributed by atoms with E-state index in [2.05, 4.69) is 11.6 Å². The molecule has 1 rings (SSSR count). The van der Waals surface area contributed by atoms with Gasteiger partial charge in [-0.15, -0.1) is 6.58 Å². The summed E-state index contributed by atoms with van der Waals surface area (Å²) >= 11 is 0. The van der Waals surface area contributed by atoms with Crippen molar-refractivity contribution < 1.29 is 18.3 Å². The molecule has 0 atom stereocenters. The van der Waals surface area contributed by atoms with E-state index in [0.29, 0.717) is 0 Å². The Balaban J connectivity index is 3.28. The maximum absolute atomic E-state index is 12.6. The van der Waals surface area contributed by atoms with Gasteiger partial charge in [0.1, 0.15) is 17.6 Å². The van der Waals surface area contributed by atoms with Crippen molar-refractivity contribution in [1.82, 2.24) is 4.98 Å². The van der Waals surface area contributed by atoms with Crippen LogP contribution in [0.5, 0.6) is 0 Å². The summed E-state index contributed by atoms with van der Waals surface area (Å²) in [6, 6.07) is 3.61. The Morgan fingerprint density at radius 1 is 1.47 bits per heavy atom. The Labute approximate surface area is 108 Å². The Morgan fingerprint density at radius 2 is 2.16 bits per heavy atom. The summed E-state index contributed by atoms with van der Waals surface area (Å²) in [4.78, 5) is 4.83. The summed E-state index contributed by atoms with van der Waals surface area (Å²) < 4.78 is 37.8. The predicted octanol–water partition coefficient (Wildman–Crippen LogP) is 1.96. The van der Waals surface area contributed by atoms with Gasteiger partial charge in [0.25, 0.3) is 0 Å². The number of halogens is 3. The van der Waals surface area contributed by atoms with Gasteiger partial charge in [0.15, 0.2) is 0 Å². The molecule has 0 unspecified atom stereocenters. The first-order chi connectivity index (χ1) is 8.93. The summed E-state index contributed by atoms with van der Waals surface area (Å²) in [5.41, 5.74) is -1.06. The molecular formula is C12H12F3N3O. The van der Waals surface area contributed by atoms with Gasteiger partial charge < -0.3 is 10.0 Å². The smallest absolute Gasteiger partial charge is 0.395 e. The van der Waals surface area contributed by atoms with Crippen LogP contribution in [0.2, 0.25) is 0 Å². The number of nitrogens with zero attached hydrogens (tertiary/aromatic N) is 3. The van der Waals surface area contributed by atoms with Crippen LogP contribution in [0.1, 0.15) is 11.3 Å². The van der Waals surface area contributed by atoms with Gasteiger partial charge >= 0.3 is 6.18 Å². The summed E-state index contributed by atoms with van der Waals surface area (Å²) in [5, 5.41) is 17.8. The maximum Gasteiger partial charge on any atom is 0.433 e. The monoisotopic (exact) mass is 271 g/mol. The van der Waals surface area contributed by atoms with Crippen LogP contribution in [-0.4, -0.2) is 29.8 Å². The highest BCUT2D eigenvalue weighted by Crippen LogP contribution is 2.30. The third-order valence-electron chi connectivity index (χ3n) is 2.30. The fourth-order valence-electron chi connectivity index (χ4n) is 1.49. The Bertz CT molecular complexity index is 494. The molecule has 0 fully saturated rings. The number of nitriles is 1. The summed E-state index contributed by atoms with van der Waals surface area (Å²) in [7, 11) is 0. The molecule has 0 aromatic carbocycles. The molecule has 0 radical (unpaired) electrons. The minimum Gasteiger partial charge on any atom is -0.395 e. The highest BCUT2D eigenvalue weighted by Gasteiger charge is 2.33. The molecule has 0 spiro atoms. The minimum absolute atomic E-state index is 0.0169. The van der Waals surface area contributed by atoms with Crippen LogP contribution in [-0.2, 0) is 6.18 Å². The van der Waals surface area contributed by atoms with Crippen LogP contribution in [0.3, 0.4) is 0 Å². The third kappa shape index (κ3) is 3.69. The second kappa shape index (κ2) is 6.20. The van der Waals surface area contributed by atoms with E-state index in [1.165, 1.54) is 11.0 Å². The van der Waals surface area contributed by atoms with Crippen molar-refractivity contribution in [2.45, 2.75) is 6.18 Å². The molecular weight excluding hydrogens is 259 g/mol. The zero-order valence-electron chi connectivity index (χ0n) is 9.98. The Morgan fingerprint density at radius 3 is 2.63 bits per heavy atom. The van der Waals surface area contributed by atoms with Crippen LogP contribution in [0.15, 0.2) is 24.8 Å². The fraction of sp³-hybridized carbons (Fsp3) is 0.333. The van der Waals surface area contributed by atoms with Crippen molar-refractivity contribution in [2.75, 3.05) is 24.6 Å². The fourth-order valence-corrected chi connectivity index (χ4v) is 1.49. The van der Waals surface area contributed by atoms with Gasteiger partial charge in [0, 0.05) is 13.1 Å². The van der Waals surface area contributed by atoms with Crippen molar-refractivity contribution >= 4 is 5.82 Å². The number of aliphatic hydroxyl groups is 1. The van der Waals surface area contributed by atoms with Crippen LogP contribution in [0.25, 0.3) is 0 Å². The lowest BCUT2D eigenvalue weighted by Gasteiger charge is -2.22. The molecule has 0 aliphatic heterocycles. The molecule has 4 nitrogen and oxygen atoms in total. The minimum atomic E-state index is -4.58. The highest BCUT2D eigenvalue weighted by molar-refractivity contribution is 5.55. The molecule has 0 amide bonds. The number of hydrogen-bond acceptors (Lipinski definition) is 4. The molecule has 7 heteroatoms. The lowest BCUT2D eigenvalue weighted by Crippen LogP contribution is -2.29. The summed E-state index contributed by atoms with van der Waals surface area (Å²) in [6.45, 7) is 3.46. The van der Waals surface area contributed by atoms with Gasteiger partial charge in [-0.25, -0.2) is 4.98 Å². The zero-order chi connectivity index (χ0) is 14.5. The highest BCUT2D eigenvalue weighted by atomic mass is 19.4. The van der Waals surface area contributed by atoms with Crippen molar-refractivity contribution in [2.24, 2.45) is 0 Å². The van der Waals surface area contributed by atoms with E-state index in [-0.39, 0.29) is 31.1 Å². The predicted molar refractivity (Wildman–Crippen MR) is 63.4 cm³/mol. The molecule has 1 heterocycles. The van der Waals surface area contributed by atoms with Gasteiger partial charge in [-0.1, -0.05) is 6.08 Å².